The molecule has 0 fully saturated rings. The summed E-state index contributed by atoms with van der Waals surface area (Å²) in [4.78, 5) is 9.96. The summed E-state index contributed by atoms with van der Waals surface area (Å²) in [5, 5.41) is 1.09. The van der Waals surface area contributed by atoms with Gasteiger partial charge in [0.25, 0.3) is 0 Å². The van der Waals surface area contributed by atoms with Crippen LogP contribution in [0.5, 0.6) is 0 Å². The van der Waals surface area contributed by atoms with E-state index >= 15 is 0 Å². The lowest BCUT2D eigenvalue weighted by atomic mass is 10.0. The van der Waals surface area contributed by atoms with Gasteiger partial charge in [-0.1, -0.05) is 6.07 Å². The van der Waals surface area contributed by atoms with Crippen LogP contribution in [0.1, 0.15) is 27.1 Å². The van der Waals surface area contributed by atoms with Crippen molar-refractivity contribution in [1.82, 2.24) is 9.97 Å². The SMILES string of the molecule is Cc1nc(C(CN)c2cccnc2)sc1C. The van der Waals surface area contributed by atoms with Gasteiger partial charge in [-0.25, -0.2) is 4.98 Å². The van der Waals surface area contributed by atoms with Gasteiger partial charge in [-0.15, -0.1) is 11.3 Å². The fraction of sp³-hybridized carbons (Fsp3) is 0.333. The van der Waals surface area contributed by atoms with Crippen LogP contribution < -0.4 is 5.73 Å². The topological polar surface area (TPSA) is 51.8 Å². The third-order valence-corrected chi connectivity index (χ3v) is 3.85. The summed E-state index contributed by atoms with van der Waals surface area (Å²) in [7, 11) is 0. The van der Waals surface area contributed by atoms with Crippen molar-refractivity contribution >= 4 is 11.3 Å². The zero-order valence-corrected chi connectivity index (χ0v) is 10.3. The first-order chi connectivity index (χ1) is 7.72. The molecule has 2 N–H and O–H groups in total. The van der Waals surface area contributed by atoms with E-state index < -0.39 is 0 Å². The third kappa shape index (κ3) is 2.13. The Morgan fingerprint density at radius 3 is 2.75 bits per heavy atom. The van der Waals surface area contributed by atoms with Crippen LogP contribution in [-0.2, 0) is 0 Å². The largest absolute Gasteiger partial charge is 0.329 e. The van der Waals surface area contributed by atoms with Crippen molar-refractivity contribution in [3.8, 4) is 0 Å². The van der Waals surface area contributed by atoms with E-state index in [0.29, 0.717) is 6.54 Å². The minimum atomic E-state index is 0.172. The predicted octanol–water partition coefficient (Wildman–Crippen LogP) is 2.25. The van der Waals surface area contributed by atoms with Gasteiger partial charge >= 0.3 is 0 Å². The Morgan fingerprint density at radius 2 is 2.25 bits per heavy atom. The third-order valence-electron chi connectivity index (χ3n) is 2.67. The molecule has 0 amide bonds. The van der Waals surface area contributed by atoms with Crippen LogP contribution in [0, 0.1) is 13.8 Å². The standard InChI is InChI=1S/C12H15N3S/c1-8-9(2)16-12(15-8)11(6-13)10-4-3-5-14-7-10/h3-5,7,11H,6,13H2,1-2H3. The van der Waals surface area contributed by atoms with Crippen LogP contribution in [-0.4, -0.2) is 16.5 Å². The molecule has 16 heavy (non-hydrogen) atoms. The number of hydrogen-bond acceptors (Lipinski definition) is 4. The van der Waals surface area contributed by atoms with E-state index in [9.17, 15) is 0 Å². The number of thiazole rings is 1. The van der Waals surface area contributed by atoms with Gasteiger partial charge in [-0.05, 0) is 25.5 Å². The molecule has 0 radical (unpaired) electrons. The normalized spacial score (nSPS) is 12.7. The molecular formula is C12H15N3S. The molecule has 2 heterocycles. The molecule has 2 aromatic heterocycles. The van der Waals surface area contributed by atoms with Gasteiger partial charge in [-0.2, -0.15) is 0 Å². The van der Waals surface area contributed by atoms with Gasteiger partial charge in [0.15, 0.2) is 0 Å². The van der Waals surface area contributed by atoms with Crippen molar-refractivity contribution < 1.29 is 0 Å². The zero-order chi connectivity index (χ0) is 11.5. The second kappa shape index (κ2) is 4.72. The molecule has 3 nitrogen and oxygen atoms in total. The fourth-order valence-corrected chi connectivity index (χ4v) is 2.67. The summed E-state index contributed by atoms with van der Waals surface area (Å²) in [6.07, 6.45) is 3.64. The smallest absolute Gasteiger partial charge is 0.102 e. The second-order valence-corrected chi connectivity index (χ2v) is 5.00. The Morgan fingerprint density at radius 1 is 1.44 bits per heavy atom. The van der Waals surface area contributed by atoms with Crippen LogP contribution in [0.2, 0.25) is 0 Å². The highest BCUT2D eigenvalue weighted by molar-refractivity contribution is 7.11. The van der Waals surface area contributed by atoms with Gasteiger partial charge in [0.05, 0.1) is 5.69 Å². The average molecular weight is 233 g/mol. The van der Waals surface area contributed by atoms with E-state index in [2.05, 4.69) is 23.0 Å². The zero-order valence-electron chi connectivity index (χ0n) is 9.47. The minimum absolute atomic E-state index is 0.172. The molecule has 0 bridgehead atoms. The Bertz CT molecular complexity index is 445. The molecular weight excluding hydrogens is 218 g/mol. The molecule has 4 heteroatoms. The summed E-state index contributed by atoms with van der Waals surface area (Å²) in [5.41, 5.74) is 8.07. The molecule has 2 aromatic rings. The number of rotatable bonds is 3. The Hall–Kier alpha value is -1.26. The van der Waals surface area contributed by atoms with Crippen LogP contribution in [0.25, 0.3) is 0 Å². The lowest BCUT2D eigenvalue weighted by molar-refractivity contribution is 0.801. The molecule has 0 saturated heterocycles. The van der Waals surface area contributed by atoms with E-state index in [0.717, 1.165) is 16.3 Å². The van der Waals surface area contributed by atoms with Gasteiger partial charge < -0.3 is 5.73 Å². The first-order valence-corrected chi connectivity index (χ1v) is 6.08. The van der Waals surface area contributed by atoms with E-state index in [4.69, 9.17) is 5.73 Å². The monoisotopic (exact) mass is 233 g/mol. The molecule has 84 valence electrons. The average Bonchev–Trinajstić information content (AvgIpc) is 2.61. The number of nitrogens with zero attached hydrogens (tertiary/aromatic N) is 2. The molecule has 0 aliphatic carbocycles. The Balaban J connectivity index is 2.37. The first kappa shape index (κ1) is 11.2. The van der Waals surface area contributed by atoms with Gasteiger partial charge in [0, 0.05) is 29.7 Å². The highest BCUT2D eigenvalue weighted by atomic mass is 32.1. The number of aromatic nitrogens is 2. The van der Waals surface area contributed by atoms with E-state index in [-0.39, 0.29) is 5.92 Å². The van der Waals surface area contributed by atoms with Crippen molar-refractivity contribution in [2.45, 2.75) is 19.8 Å². The van der Waals surface area contributed by atoms with Crippen molar-refractivity contribution in [3.63, 3.8) is 0 Å². The molecule has 1 atom stereocenters. The van der Waals surface area contributed by atoms with Crippen molar-refractivity contribution in [2.24, 2.45) is 5.73 Å². The van der Waals surface area contributed by atoms with Crippen molar-refractivity contribution in [2.75, 3.05) is 6.54 Å². The number of aryl methyl sites for hydroxylation is 2. The highest BCUT2D eigenvalue weighted by Gasteiger charge is 2.17. The van der Waals surface area contributed by atoms with Crippen molar-refractivity contribution in [3.05, 3.63) is 45.7 Å². The number of pyridine rings is 1. The lowest BCUT2D eigenvalue weighted by Crippen LogP contribution is -2.13. The molecule has 0 aliphatic heterocycles. The molecule has 0 saturated carbocycles. The van der Waals surface area contributed by atoms with E-state index in [1.165, 1.54) is 4.88 Å². The maximum absolute atomic E-state index is 5.84. The maximum atomic E-state index is 5.84. The molecule has 1 unspecified atom stereocenters. The van der Waals surface area contributed by atoms with E-state index in [1.54, 1.807) is 17.5 Å². The highest BCUT2D eigenvalue weighted by Crippen LogP contribution is 2.28. The quantitative estimate of drug-likeness (QED) is 0.884. The molecule has 0 spiro atoms. The number of hydrogen-bond donors (Lipinski definition) is 1. The van der Waals surface area contributed by atoms with Gasteiger partial charge in [0.1, 0.15) is 5.01 Å². The second-order valence-electron chi connectivity index (χ2n) is 3.77. The van der Waals surface area contributed by atoms with Gasteiger partial charge in [-0.3, -0.25) is 4.98 Å². The maximum Gasteiger partial charge on any atom is 0.102 e. The fourth-order valence-electron chi connectivity index (χ4n) is 1.61. The summed E-state index contributed by atoms with van der Waals surface area (Å²) in [6.45, 7) is 4.69. The summed E-state index contributed by atoms with van der Waals surface area (Å²) in [6, 6.07) is 3.99. The molecule has 2 rings (SSSR count). The Labute approximate surface area is 99.4 Å². The summed E-state index contributed by atoms with van der Waals surface area (Å²) < 4.78 is 0. The predicted molar refractivity (Wildman–Crippen MR) is 66.7 cm³/mol. The lowest BCUT2D eigenvalue weighted by Gasteiger charge is -2.11. The summed E-state index contributed by atoms with van der Waals surface area (Å²) >= 11 is 1.72. The van der Waals surface area contributed by atoms with Crippen LogP contribution in [0.3, 0.4) is 0 Å². The van der Waals surface area contributed by atoms with Gasteiger partial charge in [0.2, 0.25) is 0 Å². The molecule has 0 aromatic carbocycles. The summed E-state index contributed by atoms with van der Waals surface area (Å²) in [5.74, 6) is 0.172. The number of nitrogens with two attached hydrogens (primary N) is 1. The van der Waals surface area contributed by atoms with E-state index in [1.807, 2.05) is 19.2 Å². The van der Waals surface area contributed by atoms with Crippen molar-refractivity contribution in [1.29, 1.82) is 0 Å². The first-order valence-electron chi connectivity index (χ1n) is 5.26. The molecule has 0 aliphatic rings. The van der Waals surface area contributed by atoms with Crippen LogP contribution in [0.15, 0.2) is 24.5 Å². The Kier molecular flexibility index (Phi) is 3.31. The van der Waals surface area contributed by atoms with Crippen LogP contribution >= 0.6 is 11.3 Å². The van der Waals surface area contributed by atoms with Crippen LogP contribution in [0.4, 0.5) is 0 Å². The minimum Gasteiger partial charge on any atom is -0.329 e.